The number of carbonyl (C=O) groups excluding carboxylic acids is 3. The molecule has 25 heavy (non-hydrogen) atoms. The number of nitrogens with one attached hydrogen (secondary N) is 2. The molecule has 0 aliphatic carbocycles. The van der Waals surface area contributed by atoms with Crippen molar-refractivity contribution in [1.29, 1.82) is 0 Å². The van der Waals surface area contributed by atoms with Crippen molar-refractivity contribution in [1.82, 2.24) is 10.2 Å². The summed E-state index contributed by atoms with van der Waals surface area (Å²) in [6.45, 7) is 7.98. The quantitative estimate of drug-likeness (QED) is 0.842. The first-order valence-corrected chi connectivity index (χ1v) is 8.77. The normalized spacial score (nSPS) is 17.3. The van der Waals surface area contributed by atoms with Crippen LogP contribution in [0.15, 0.2) is 18.2 Å². The second-order valence-electron chi connectivity index (χ2n) is 6.85. The van der Waals surface area contributed by atoms with Gasteiger partial charge in [0, 0.05) is 30.6 Å². The van der Waals surface area contributed by atoms with Gasteiger partial charge in [-0.3, -0.25) is 14.4 Å². The standard InChI is InChI=1S/C18H24ClN3O3/c1-10(2)20-17(24)12-5-6-14(19)15(7-12)21-18(25)13-8-16(23)22(9-13)11(3)4/h5-7,10-11,13H,8-9H2,1-4H3,(H,20,24)(H,21,25). The molecular formula is C18H24ClN3O3. The lowest BCUT2D eigenvalue weighted by Crippen LogP contribution is -2.33. The number of rotatable bonds is 5. The highest BCUT2D eigenvalue weighted by atomic mass is 35.5. The van der Waals surface area contributed by atoms with Gasteiger partial charge in [-0.15, -0.1) is 0 Å². The lowest BCUT2D eigenvalue weighted by atomic mass is 10.1. The van der Waals surface area contributed by atoms with E-state index in [1.54, 1.807) is 23.1 Å². The lowest BCUT2D eigenvalue weighted by molar-refractivity contribution is -0.129. The Morgan fingerprint density at radius 1 is 1.24 bits per heavy atom. The van der Waals surface area contributed by atoms with Crippen LogP contribution in [0.2, 0.25) is 5.02 Å². The van der Waals surface area contributed by atoms with Gasteiger partial charge in [0.15, 0.2) is 0 Å². The summed E-state index contributed by atoms with van der Waals surface area (Å²) in [5.74, 6) is -0.936. The van der Waals surface area contributed by atoms with Gasteiger partial charge in [0.25, 0.3) is 5.91 Å². The number of amides is 3. The Morgan fingerprint density at radius 3 is 2.48 bits per heavy atom. The van der Waals surface area contributed by atoms with Crippen molar-refractivity contribution in [3.8, 4) is 0 Å². The number of carbonyl (C=O) groups is 3. The van der Waals surface area contributed by atoms with Crippen molar-refractivity contribution in [2.75, 3.05) is 11.9 Å². The van der Waals surface area contributed by atoms with Crippen LogP contribution in [0.25, 0.3) is 0 Å². The predicted molar refractivity (Wildman–Crippen MR) is 97.6 cm³/mol. The highest BCUT2D eigenvalue weighted by molar-refractivity contribution is 6.34. The monoisotopic (exact) mass is 365 g/mol. The van der Waals surface area contributed by atoms with Gasteiger partial charge < -0.3 is 15.5 Å². The molecule has 1 aromatic carbocycles. The van der Waals surface area contributed by atoms with E-state index in [2.05, 4.69) is 10.6 Å². The smallest absolute Gasteiger partial charge is 0.251 e. The first-order valence-electron chi connectivity index (χ1n) is 8.39. The minimum absolute atomic E-state index is 0.00716. The Kier molecular flexibility index (Phi) is 6.06. The molecule has 1 heterocycles. The summed E-state index contributed by atoms with van der Waals surface area (Å²) in [7, 11) is 0. The Labute approximate surface area is 152 Å². The van der Waals surface area contributed by atoms with E-state index in [1.807, 2.05) is 27.7 Å². The van der Waals surface area contributed by atoms with Crippen molar-refractivity contribution in [2.45, 2.75) is 46.2 Å². The average molecular weight is 366 g/mol. The Morgan fingerprint density at radius 2 is 1.92 bits per heavy atom. The molecule has 136 valence electrons. The summed E-state index contributed by atoms with van der Waals surface area (Å²) < 4.78 is 0. The van der Waals surface area contributed by atoms with Crippen LogP contribution in [0.1, 0.15) is 44.5 Å². The van der Waals surface area contributed by atoms with Crippen LogP contribution in [0, 0.1) is 5.92 Å². The fraction of sp³-hybridized carbons (Fsp3) is 0.500. The summed E-state index contributed by atoms with van der Waals surface area (Å²) in [5.41, 5.74) is 0.790. The number of hydrogen-bond donors (Lipinski definition) is 2. The van der Waals surface area contributed by atoms with Crippen LogP contribution in [0.5, 0.6) is 0 Å². The molecule has 0 spiro atoms. The molecule has 1 unspecified atom stereocenters. The topological polar surface area (TPSA) is 78.5 Å². The van der Waals surface area contributed by atoms with Crippen LogP contribution in [-0.4, -0.2) is 41.2 Å². The van der Waals surface area contributed by atoms with Crippen LogP contribution >= 0.6 is 11.6 Å². The Bertz CT molecular complexity index is 688. The molecule has 1 aliphatic rings. The maximum atomic E-state index is 12.5. The first kappa shape index (κ1) is 19.2. The molecule has 0 aromatic heterocycles. The summed E-state index contributed by atoms with van der Waals surface area (Å²) in [6, 6.07) is 4.81. The molecule has 7 heteroatoms. The molecule has 1 aromatic rings. The minimum atomic E-state index is -0.417. The number of anilines is 1. The third kappa shape index (κ3) is 4.72. The van der Waals surface area contributed by atoms with Crippen molar-refractivity contribution < 1.29 is 14.4 Å². The molecule has 0 radical (unpaired) electrons. The largest absolute Gasteiger partial charge is 0.350 e. The molecule has 1 atom stereocenters. The van der Waals surface area contributed by atoms with Gasteiger partial charge in [-0.1, -0.05) is 11.6 Å². The summed E-state index contributed by atoms with van der Waals surface area (Å²) in [4.78, 5) is 38.2. The molecule has 1 saturated heterocycles. The number of nitrogens with zero attached hydrogens (tertiary/aromatic N) is 1. The molecule has 2 N–H and O–H groups in total. The molecule has 0 bridgehead atoms. The molecule has 6 nitrogen and oxygen atoms in total. The zero-order valence-corrected chi connectivity index (χ0v) is 15.7. The van der Waals surface area contributed by atoms with Crippen molar-refractivity contribution in [3.63, 3.8) is 0 Å². The molecular weight excluding hydrogens is 342 g/mol. The van der Waals surface area contributed by atoms with E-state index in [1.165, 1.54) is 0 Å². The van der Waals surface area contributed by atoms with Crippen LogP contribution in [-0.2, 0) is 9.59 Å². The van der Waals surface area contributed by atoms with Crippen LogP contribution < -0.4 is 10.6 Å². The van der Waals surface area contributed by atoms with E-state index in [0.717, 1.165) is 0 Å². The number of benzene rings is 1. The summed E-state index contributed by atoms with van der Waals surface area (Å²) >= 11 is 6.14. The SMILES string of the molecule is CC(C)NC(=O)c1ccc(Cl)c(NC(=O)C2CC(=O)N(C(C)C)C2)c1. The van der Waals surface area contributed by atoms with E-state index < -0.39 is 5.92 Å². The van der Waals surface area contributed by atoms with Gasteiger partial charge in [-0.2, -0.15) is 0 Å². The van der Waals surface area contributed by atoms with Crippen LogP contribution in [0.3, 0.4) is 0 Å². The molecule has 2 rings (SSSR count). The van der Waals surface area contributed by atoms with Gasteiger partial charge >= 0.3 is 0 Å². The van der Waals surface area contributed by atoms with E-state index in [0.29, 0.717) is 22.8 Å². The van der Waals surface area contributed by atoms with Gasteiger partial charge in [-0.25, -0.2) is 0 Å². The molecule has 0 saturated carbocycles. The summed E-state index contributed by atoms with van der Waals surface area (Å²) in [5, 5.41) is 5.89. The Hall–Kier alpha value is -2.08. The fourth-order valence-electron chi connectivity index (χ4n) is 2.75. The lowest BCUT2D eigenvalue weighted by Gasteiger charge is -2.20. The first-order chi connectivity index (χ1) is 11.7. The van der Waals surface area contributed by atoms with Gasteiger partial charge in [-0.05, 0) is 45.9 Å². The second-order valence-corrected chi connectivity index (χ2v) is 7.26. The number of halogens is 1. The van der Waals surface area contributed by atoms with Crippen molar-refractivity contribution in [2.24, 2.45) is 5.92 Å². The zero-order chi connectivity index (χ0) is 18.7. The van der Waals surface area contributed by atoms with Gasteiger partial charge in [0.2, 0.25) is 11.8 Å². The Balaban J connectivity index is 2.10. The maximum Gasteiger partial charge on any atom is 0.251 e. The molecule has 1 aliphatic heterocycles. The zero-order valence-electron chi connectivity index (χ0n) is 14.9. The van der Waals surface area contributed by atoms with Gasteiger partial charge in [0.05, 0.1) is 16.6 Å². The third-order valence-corrected chi connectivity index (χ3v) is 4.39. The highest BCUT2D eigenvalue weighted by Gasteiger charge is 2.35. The van der Waals surface area contributed by atoms with Crippen molar-refractivity contribution >= 4 is 35.0 Å². The van der Waals surface area contributed by atoms with E-state index in [-0.39, 0.29) is 36.2 Å². The fourth-order valence-corrected chi connectivity index (χ4v) is 2.91. The number of likely N-dealkylation sites (tertiary alicyclic amines) is 1. The minimum Gasteiger partial charge on any atom is -0.350 e. The van der Waals surface area contributed by atoms with Crippen LogP contribution in [0.4, 0.5) is 5.69 Å². The van der Waals surface area contributed by atoms with E-state index in [9.17, 15) is 14.4 Å². The summed E-state index contributed by atoms with van der Waals surface area (Å²) in [6.07, 6.45) is 0.190. The second kappa shape index (κ2) is 7.87. The molecule has 3 amide bonds. The predicted octanol–water partition coefficient (Wildman–Crippen LogP) is 2.67. The maximum absolute atomic E-state index is 12.5. The average Bonchev–Trinajstić information content (AvgIpc) is 2.91. The molecule has 1 fully saturated rings. The third-order valence-electron chi connectivity index (χ3n) is 4.06. The van der Waals surface area contributed by atoms with Gasteiger partial charge in [0.1, 0.15) is 0 Å². The van der Waals surface area contributed by atoms with E-state index in [4.69, 9.17) is 11.6 Å². The number of hydrogen-bond acceptors (Lipinski definition) is 3. The van der Waals surface area contributed by atoms with E-state index >= 15 is 0 Å². The highest BCUT2D eigenvalue weighted by Crippen LogP contribution is 2.26. The van der Waals surface area contributed by atoms with Crippen molar-refractivity contribution in [3.05, 3.63) is 28.8 Å².